The summed E-state index contributed by atoms with van der Waals surface area (Å²) in [5, 5.41) is 2.16. The Morgan fingerprint density at radius 3 is 2.20 bits per heavy atom. The van der Waals surface area contributed by atoms with Crippen LogP contribution in [0.15, 0.2) is 29.2 Å². The van der Waals surface area contributed by atoms with E-state index in [1.807, 2.05) is 0 Å². The summed E-state index contributed by atoms with van der Waals surface area (Å²) in [6.07, 6.45) is 0. The van der Waals surface area contributed by atoms with Gasteiger partial charge >= 0.3 is 0 Å². The van der Waals surface area contributed by atoms with Crippen molar-refractivity contribution in [3.05, 3.63) is 53.1 Å². The molecular formula is C19H20F4N2O4S. The summed E-state index contributed by atoms with van der Waals surface area (Å²) < 4.78 is 86.1. The third-order valence-electron chi connectivity index (χ3n) is 4.17. The molecule has 1 N–H and O–H groups in total. The number of hydrogen-bond donors (Lipinski definition) is 1. The van der Waals surface area contributed by atoms with Crippen LogP contribution in [0.3, 0.4) is 0 Å². The van der Waals surface area contributed by atoms with E-state index in [4.69, 9.17) is 4.74 Å². The van der Waals surface area contributed by atoms with Crippen molar-refractivity contribution in [2.75, 3.05) is 25.0 Å². The van der Waals surface area contributed by atoms with Gasteiger partial charge in [-0.15, -0.1) is 0 Å². The van der Waals surface area contributed by atoms with Crippen LogP contribution < -0.4 is 10.1 Å². The van der Waals surface area contributed by atoms with E-state index in [0.717, 1.165) is 6.07 Å². The van der Waals surface area contributed by atoms with Gasteiger partial charge in [0, 0.05) is 18.8 Å². The second-order valence-corrected chi connectivity index (χ2v) is 7.89. The van der Waals surface area contributed by atoms with Crippen LogP contribution in [0.2, 0.25) is 0 Å². The fourth-order valence-corrected chi connectivity index (χ4v) is 4.32. The van der Waals surface area contributed by atoms with Gasteiger partial charge in [-0.3, -0.25) is 4.79 Å². The van der Waals surface area contributed by atoms with Crippen LogP contribution in [-0.2, 0) is 10.0 Å². The van der Waals surface area contributed by atoms with Crippen molar-refractivity contribution in [1.29, 1.82) is 0 Å². The summed E-state index contributed by atoms with van der Waals surface area (Å²) in [6, 6.07) is 3.87. The number of carbonyl (C=O) groups is 1. The highest BCUT2D eigenvalue weighted by Gasteiger charge is 2.27. The summed E-state index contributed by atoms with van der Waals surface area (Å²) in [5.74, 6) is -9.04. The number of rotatable bonds is 8. The van der Waals surface area contributed by atoms with Gasteiger partial charge in [0.15, 0.2) is 23.3 Å². The Hall–Kier alpha value is -2.66. The highest BCUT2D eigenvalue weighted by atomic mass is 32.2. The zero-order valence-corrected chi connectivity index (χ0v) is 17.2. The van der Waals surface area contributed by atoms with Gasteiger partial charge < -0.3 is 10.1 Å². The number of ether oxygens (including phenoxy) is 1. The Balaban J connectivity index is 2.49. The van der Waals surface area contributed by atoms with E-state index >= 15 is 0 Å². The molecule has 2 aromatic rings. The molecule has 0 atom stereocenters. The molecule has 0 aliphatic carbocycles. The van der Waals surface area contributed by atoms with Crippen molar-refractivity contribution < 1.29 is 35.5 Å². The van der Waals surface area contributed by atoms with E-state index in [1.54, 1.807) is 20.8 Å². The second-order valence-electron chi connectivity index (χ2n) is 5.99. The predicted octanol–water partition coefficient (Wildman–Crippen LogP) is 3.92. The Labute approximate surface area is 171 Å². The number of amides is 1. The first kappa shape index (κ1) is 23.6. The van der Waals surface area contributed by atoms with Crippen molar-refractivity contribution >= 4 is 21.6 Å². The quantitative estimate of drug-likeness (QED) is 0.377. The standard InChI is InChI=1S/C19H20F4N2O4S/c1-4-25(5-2)30(27,28)15-9-11(7-8-14(15)29-6-3)24-19(26)12-10-13(20)17(22)18(23)16(12)21/h7-10H,4-6H2,1-3H3,(H,24,26). The molecule has 0 spiro atoms. The van der Waals surface area contributed by atoms with Gasteiger partial charge in [0.05, 0.1) is 12.2 Å². The lowest BCUT2D eigenvalue weighted by Gasteiger charge is -2.21. The third-order valence-corrected chi connectivity index (χ3v) is 6.24. The largest absolute Gasteiger partial charge is 0.492 e. The smallest absolute Gasteiger partial charge is 0.258 e. The first-order chi connectivity index (χ1) is 14.1. The van der Waals surface area contributed by atoms with E-state index in [9.17, 15) is 30.8 Å². The van der Waals surface area contributed by atoms with E-state index in [1.165, 1.54) is 16.4 Å². The Morgan fingerprint density at radius 1 is 1.00 bits per heavy atom. The van der Waals surface area contributed by atoms with Crippen molar-refractivity contribution in [3.63, 3.8) is 0 Å². The Morgan fingerprint density at radius 2 is 1.63 bits per heavy atom. The zero-order chi connectivity index (χ0) is 22.6. The van der Waals surface area contributed by atoms with Gasteiger partial charge in [0.1, 0.15) is 10.6 Å². The van der Waals surface area contributed by atoms with E-state index in [2.05, 4.69) is 5.32 Å². The molecule has 0 saturated carbocycles. The molecule has 0 aliphatic rings. The number of anilines is 1. The van der Waals surface area contributed by atoms with Gasteiger partial charge in [-0.2, -0.15) is 4.31 Å². The normalized spacial score (nSPS) is 11.6. The number of sulfonamides is 1. The molecule has 11 heteroatoms. The van der Waals surface area contributed by atoms with Crippen molar-refractivity contribution in [2.24, 2.45) is 0 Å². The SMILES string of the molecule is CCOc1ccc(NC(=O)c2cc(F)c(F)c(F)c2F)cc1S(=O)(=O)N(CC)CC. The Bertz CT molecular complexity index is 1060. The first-order valence-electron chi connectivity index (χ1n) is 8.99. The van der Waals surface area contributed by atoms with Crippen LogP contribution in [-0.4, -0.2) is 38.3 Å². The molecule has 30 heavy (non-hydrogen) atoms. The average molecular weight is 448 g/mol. The Kier molecular flexibility index (Phi) is 7.43. The molecule has 0 bridgehead atoms. The lowest BCUT2D eigenvalue weighted by molar-refractivity contribution is 0.102. The summed E-state index contributed by atoms with van der Waals surface area (Å²) in [5.41, 5.74) is -1.17. The summed E-state index contributed by atoms with van der Waals surface area (Å²) in [6.45, 7) is 5.48. The molecule has 0 saturated heterocycles. The summed E-state index contributed by atoms with van der Waals surface area (Å²) in [7, 11) is -3.99. The van der Waals surface area contributed by atoms with Crippen molar-refractivity contribution in [2.45, 2.75) is 25.7 Å². The number of carbonyl (C=O) groups excluding carboxylic acids is 1. The van der Waals surface area contributed by atoms with Gasteiger partial charge in [0.2, 0.25) is 10.0 Å². The highest BCUT2D eigenvalue weighted by molar-refractivity contribution is 7.89. The summed E-state index contributed by atoms with van der Waals surface area (Å²) >= 11 is 0. The second kappa shape index (κ2) is 9.43. The fourth-order valence-electron chi connectivity index (χ4n) is 2.70. The molecule has 2 rings (SSSR count). The summed E-state index contributed by atoms with van der Waals surface area (Å²) in [4.78, 5) is 12.0. The van der Waals surface area contributed by atoms with Crippen molar-refractivity contribution in [1.82, 2.24) is 4.31 Å². The maximum Gasteiger partial charge on any atom is 0.258 e. The number of nitrogens with zero attached hydrogens (tertiary/aromatic N) is 1. The van der Waals surface area contributed by atoms with E-state index < -0.39 is 44.8 Å². The predicted molar refractivity (Wildman–Crippen MR) is 102 cm³/mol. The third kappa shape index (κ3) is 4.57. The minimum atomic E-state index is -3.99. The van der Waals surface area contributed by atoms with Gasteiger partial charge in [-0.05, 0) is 31.2 Å². The highest BCUT2D eigenvalue weighted by Crippen LogP contribution is 2.30. The number of nitrogens with one attached hydrogen (secondary N) is 1. The minimum absolute atomic E-state index is 0.0347. The van der Waals surface area contributed by atoms with Crippen LogP contribution >= 0.6 is 0 Å². The van der Waals surface area contributed by atoms with Gasteiger partial charge in [-0.25, -0.2) is 26.0 Å². The van der Waals surface area contributed by atoms with Crippen LogP contribution in [0.5, 0.6) is 5.75 Å². The molecule has 6 nitrogen and oxygen atoms in total. The van der Waals surface area contributed by atoms with Gasteiger partial charge in [-0.1, -0.05) is 13.8 Å². The van der Waals surface area contributed by atoms with Gasteiger partial charge in [0.25, 0.3) is 5.91 Å². The number of hydrogen-bond acceptors (Lipinski definition) is 4. The molecular weight excluding hydrogens is 428 g/mol. The monoisotopic (exact) mass is 448 g/mol. The molecule has 0 heterocycles. The molecule has 0 fully saturated rings. The maximum atomic E-state index is 13.9. The molecule has 0 radical (unpaired) electrons. The van der Waals surface area contributed by atoms with Crippen LogP contribution in [0, 0.1) is 23.3 Å². The minimum Gasteiger partial charge on any atom is -0.492 e. The van der Waals surface area contributed by atoms with Crippen LogP contribution in [0.1, 0.15) is 31.1 Å². The van der Waals surface area contributed by atoms with E-state index in [-0.39, 0.29) is 42.1 Å². The van der Waals surface area contributed by atoms with Crippen LogP contribution in [0.4, 0.5) is 23.2 Å². The zero-order valence-electron chi connectivity index (χ0n) is 16.4. The van der Waals surface area contributed by atoms with Crippen molar-refractivity contribution in [3.8, 4) is 5.75 Å². The molecule has 164 valence electrons. The molecule has 1 amide bonds. The average Bonchev–Trinajstić information content (AvgIpc) is 2.71. The number of benzene rings is 2. The first-order valence-corrected chi connectivity index (χ1v) is 10.4. The molecule has 0 unspecified atom stereocenters. The topological polar surface area (TPSA) is 75.7 Å². The lowest BCUT2D eigenvalue weighted by atomic mass is 10.1. The fraction of sp³-hybridized carbons (Fsp3) is 0.316. The maximum absolute atomic E-state index is 13.9. The molecule has 2 aromatic carbocycles. The molecule has 0 aliphatic heterocycles. The van der Waals surface area contributed by atoms with Crippen LogP contribution in [0.25, 0.3) is 0 Å². The lowest BCUT2D eigenvalue weighted by Crippen LogP contribution is -2.31. The molecule has 0 aromatic heterocycles. The number of halogens is 4. The van der Waals surface area contributed by atoms with E-state index in [0.29, 0.717) is 0 Å².